The van der Waals surface area contributed by atoms with Gasteiger partial charge in [0.25, 0.3) is 0 Å². The maximum atomic E-state index is 2.59. The molecule has 1 heterocycles. The fourth-order valence-electron chi connectivity index (χ4n) is 9.65. The molecule has 0 saturated carbocycles. The largest absolute Gasteiger partial charge is 0.310 e. The van der Waals surface area contributed by atoms with Gasteiger partial charge in [0.05, 0.1) is 10.9 Å². The number of hydrogen-bond donors (Lipinski definition) is 0. The molecule has 0 spiro atoms. The minimum absolute atomic E-state index is 0.0312. The first kappa shape index (κ1) is 28.0. The van der Waals surface area contributed by atoms with Gasteiger partial charge in [0.15, 0.2) is 0 Å². The Morgan fingerprint density at radius 1 is 0.520 bits per heavy atom. The zero-order valence-electron chi connectivity index (χ0n) is 28.2. The van der Waals surface area contributed by atoms with Crippen molar-refractivity contribution >= 4 is 55.4 Å². The van der Waals surface area contributed by atoms with Crippen molar-refractivity contribution in [2.45, 2.75) is 25.2 Å². The minimum atomic E-state index is -0.0312. The Balaban J connectivity index is 1.10. The van der Waals surface area contributed by atoms with Gasteiger partial charge >= 0.3 is 0 Å². The van der Waals surface area contributed by atoms with Crippen molar-refractivity contribution in [2.75, 3.05) is 0 Å². The zero-order valence-corrected chi connectivity index (χ0v) is 28.2. The lowest BCUT2D eigenvalue weighted by Crippen LogP contribution is -2.37. The Kier molecular flexibility index (Phi) is 5.63. The van der Waals surface area contributed by atoms with E-state index >= 15 is 0 Å². The summed E-state index contributed by atoms with van der Waals surface area (Å²) in [5.74, 6) is 0.708. The second-order valence-electron chi connectivity index (χ2n) is 14.9. The third-order valence-electron chi connectivity index (χ3n) is 12.0. The number of rotatable bonds is 3. The van der Waals surface area contributed by atoms with E-state index in [4.69, 9.17) is 0 Å². The van der Waals surface area contributed by atoms with Gasteiger partial charge in [-0.25, -0.2) is 0 Å². The summed E-state index contributed by atoms with van der Waals surface area (Å²) in [6.45, 7) is 4.92. The molecule has 2 atom stereocenters. The first-order chi connectivity index (χ1) is 24.6. The first-order valence-corrected chi connectivity index (χ1v) is 17.9. The summed E-state index contributed by atoms with van der Waals surface area (Å²) < 4.78 is 2.47. The predicted octanol–water partition coefficient (Wildman–Crippen LogP) is 11.1. The third-order valence-corrected chi connectivity index (χ3v) is 12.0. The molecule has 0 radical (unpaired) electrons. The van der Waals surface area contributed by atoms with Crippen molar-refractivity contribution in [1.29, 1.82) is 0 Å². The molecule has 0 fully saturated rings. The topological polar surface area (TPSA) is 4.93 Å². The van der Waals surface area contributed by atoms with Gasteiger partial charge in [-0.15, -0.1) is 0 Å². The van der Waals surface area contributed by atoms with E-state index in [1.165, 1.54) is 92.9 Å². The SMILES string of the molecule is CC1(C)c2cc(-c3ccc4ccc5c(-c6ccccc6)ccc6ccc3c4c65)ccc2C2C=c3c(n(-c4ccccc4)c4ccccc34)=CC21. The first-order valence-electron chi connectivity index (χ1n) is 17.9. The van der Waals surface area contributed by atoms with Crippen LogP contribution in [0.3, 0.4) is 0 Å². The highest BCUT2D eigenvalue weighted by Crippen LogP contribution is 2.54. The summed E-state index contributed by atoms with van der Waals surface area (Å²) in [7, 11) is 0. The minimum Gasteiger partial charge on any atom is -0.310 e. The molecule has 50 heavy (non-hydrogen) atoms. The lowest BCUT2D eigenvalue weighted by molar-refractivity contribution is 0.421. The second kappa shape index (κ2) is 10.1. The molecule has 0 aliphatic heterocycles. The number of para-hydroxylation sites is 2. The number of benzene rings is 8. The van der Waals surface area contributed by atoms with E-state index in [0.29, 0.717) is 11.8 Å². The fraction of sp³-hybridized carbons (Fsp3) is 0.102. The average Bonchev–Trinajstić information content (AvgIpc) is 3.61. The second-order valence-corrected chi connectivity index (χ2v) is 14.9. The smallest absolute Gasteiger partial charge is 0.0540 e. The van der Waals surface area contributed by atoms with Crippen molar-refractivity contribution in [3.8, 4) is 27.9 Å². The van der Waals surface area contributed by atoms with Crippen LogP contribution in [0.15, 0.2) is 152 Å². The maximum absolute atomic E-state index is 2.59. The molecular formula is C49H35N. The summed E-state index contributed by atoms with van der Waals surface area (Å²) in [5.41, 5.74) is 10.6. The molecule has 11 rings (SSSR count). The molecule has 2 aliphatic carbocycles. The summed E-state index contributed by atoms with van der Waals surface area (Å²) in [4.78, 5) is 0. The molecule has 1 nitrogen and oxygen atoms in total. The summed E-state index contributed by atoms with van der Waals surface area (Å²) in [5, 5.41) is 12.0. The molecule has 236 valence electrons. The summed E-state index contributed by atoms with van der Waals surface area (Å²) in [6.07, 6.45) is 5.17. The van der Waals surface area contributed by atoms with Gasteiger partial charge < -0.3 is 4.57 Å². The van der Waals surface area contributed by atoms with Crippen LogP contribution in [0.25, 0.3) is 83.3 Å². The normalized spacial score (nSPS) is 17.5. The molecule has 0 saturated heterocycles. The molecule has 2 aliphatic rings. The molecule has 8 aromatic carbocycles. The molecule has 0 bridgehead atoms. The van der Waals surface area contributed by atoms with Crippen LogP contribution in [0.2, 0.25) is 0 Å². The molecule has 2 unspecified atom stereocenters. The number of fused-ring (bicyclic) bond motifs is 6. The van der Waals surface area contributed by atoms with Crippen LogP contribution in [0, 0.1) is 5.92 Å². The number of hydrogen-bond acceptors (Lipinski definition) is 0. The van der Waals surface area contributed by atoms with Crippen LogP contribution < -0.4 is 10.6 Å². The Hall–Kier alpha value is -5.92. The lowest BCUT2D eigenvalue weighted by atomic mass is 9.74. The fourth-order valence-corrected chi connectivity index (χ4v) is 9.65. The quantitative estimate of drug-likeness (QED) is 0.170. The van der Waals surface area contributed by atoms with Crippen molar-refractivity contribution in [3.05, 3.63) is 173 Å². The van der Waals surface area contributed by atoms with Crippen molar-refractivity contribution in [1.82, 2.24) is 4.57 Å². The molecular weight excluding hydrogens is 603 g/mol. The molecule has 1 aromatic heterocycles. The Bertz CT molecular complexity index is 2940. The van der Waals surface area contributed by atoms with Gasteiger partial charge in [-0.05, 0) is 95.2 Å². The summed E-state index contributed by atoms with van der Waals surface area (Å²) in [6, 6.07) is 56.5. The van der Waals surface area contributed by atoms with E-state index in [-0.39, 0.29) is 5.41 Å². The van der Waals surface area contributed by atoms with E-state index in [1.54, 1.807) is 0 Å². The lowest BCUT2D eigenvalue weighted by Gasteiger charge is -2.29. The molecule has 1 heteroatoms. The van der Waals surface area contributed by atoms with Crippen LogP contribution in [-0.2, 0) is 5.41 Å². The van der Waals surface area contributed by atoms with Crippen LogP contribution >= 0.6 is 0 Å². The van der Waals surface area contributed by atoms with Crippen molar-refractivity contribution in [3.63, 3.8) is 0 Å². The Morgan fingerprint density at radius 3 is 1.86 bits per heavy atom. The highest BCUT2D eigenvalue weighted by Gasteiger charge is 2.45. The molecule has 0 N–H and O–H groups in total. The number of aromatic nitrogens is 1. The van der Waals surface area contributed by atoms with E-state index in [9.17, 15) is 0 Å². The van der Waals surface area contributed by atoms with Crippen molar-refractivity contribution in [2.24, 2.45) is 5.92 Å². The summed E-state index contributed by atoms with van der Waals surface area (Å²) >= 11 is 0. The van der Waals surface area contributed by atoms with E-state index in [0.717, 1.165) is 0 Å². The van der Waals surface area contributed by atoms with E-state index in [1.807, 2.05) is 0 Å². The van der Waals surface area contributed by atoms with Gasteiger partial charge in [-0.1, -0.05) is 159 Å². The standard InChI is InChI=1S/C49H35N/c1-49(2)43-27-33(36-23-18-32-19-25-39-35(30-11-5-3-6-12-30)22-17-31-20-26-40(36)48(32)47(31)39)21-24-37(43)41-28-42-38-15-9-10-16-45(38)50(46(42)29-44(41)49)34-13-7-4-8-14-34/h3-29,41,44H,1-2H3. The third kappa shape index (κ3) is 3.72. The van der Waals surface area contributed by atoms with E-state index in [2.05, 4.69) is 182 Å². The monoisotopic (exact) mass is 637 g/mol. The van der Waals surface area contributed by atoms with Gasteiger partial charge in [0.2, 0.25) is 0 Å². The van der Waals surface area contributed by atoms with E-state index < -0.39 is 0 Å². The number of nitrogens with zero attached hydrogens (tertiary/aromatic N) is 1. The Morgan fingerprint density at radius 2 is 1.14 bits per heavy atom. The maximum Gasteiger partial charge on any atom is 0.0540 e. The predicted molar refractivity (Wildman–Crippen MR) is 212 cm³/mol. The van der Waals surface area contributed by atoms with Crippen molar-refractivity contribution < 1.29 is 0 Å². The van der Waals surface area contributed by atoms with Crippen LogP contribution in [0.1, 0.15) is 30.9 Å². The van der Waals surface area contributed by atoms with Crippen LogP contribution in [0.4, 0.5) is 0 Å². The molecule has 9 aromatic rings. The zero-order chi connectivity index (χ0) is 33.1. The Labute approximate surface area is 291 Å². The van der Waals surface area contributed by atoms with Gasteiger partial charge in [-0.3, -0.25) is 0 Å². The van der Waals surface area contributed by atoms with Gasteiger partial charge in [0.1, 0.15) is 0 Å². The van der Waals surface area contributed by atoms with Crippen LogP contribution in [0.5, 0.6) is 0 Å². The highest BCUT2D eigenvalue weighted by molar-refractivity contribution is 6.27. The highest BCUT2D eigenvalue weighted by atomic mass is 15.0. The van der Waals surface area contributed by atoms with Gasteiger partial charge in [-0.2, -0.15) is 0 Å². The van der Waals surface area contributed by atoms with Gasteiger partial charge in [0, 0.05) is 22.2 Å². The van der Waals surface area contributed by atoms with Crippen LogP contribution in [-0.4, -0.2) is 4.57 Å². The average molecular weight is 638 g/mol. The molecule has 0 amide bonds.